The van der Waals surface area contributed by atoms with Gasteiger partial charge in [0.2, 0.25) is 0 Å². The number of aliphatic imine (C=N–C) groups is 1. The van der Waals surface area contributed by atoms with E-state index >= 15 is 0 Å². The minimum Gasteiger partial charge on any atom is -0.469 e. The van der Waals surface area contributed by atoms with Crippen LogP contribution in [0.4, 0.5) is 0 Å². The molecular formula is C24H30N2O2. The summed E-state index contributed by atoms with van der Waals surface area (Å²) in [5.74, 6) is 1.55. The van der Waals surface area contributed by atoms with Crippen molar-refractivity contribution >= 4 is 11.6 Å². The van der Waals surface area contributed by atoms with E-state index in [1.807, 2.05) is 19.1 Å². The highest BCUT2D eigenvalue weighted by Gasteiger charge is 2.26. The Kier molecular flexibility index (Phi) is 6.53. The normalized spacial score (nSPS) is 21.0. The molecule has 0 aromatic heterocycles. The van der Waals surface area contributed by atoms with Gasteiger partial charge in [0.05, 0.1) is 6.10 Å². The van der Waals surface area contributed by atoms with E-state index in [1.54, 1.807) is 0 Å². The first kappa shape index (κ1) is 20.2. The number of hydrogen-bond donors (Lipinski definition) is 0. The molecule has 0 bridgehead atoms. The van der Waals surface area contributed by atoms with Gasteiger partial charge in [0.15, 0.2) is 5.78 Å². The van der Waals surface area contributed by atoms with Crippen LogP contribution in [0.15, 0.2) is 70.3 Å². The number of carbonyl (C=O) groups excluding carboxylic acids is 1. The molecule has 0 saturated heterocycles. The minimum absolute atomic E-state index is 0.0286. The molecule has 1 aliphatic carbocycles. The summed E-state index contributed by atoms with van der Waals surface area (Å²) in [7, 11) is 0. The molecule has 2 aliphatic heterocycles. The van der Waals surface area contributed by atoms with E-state index in [-0.39, 0.29) is 11.9 Å². The Balaban J connectivity index is 1.90. The van der Waals surface area contributed by atoms with Crippen LogP contribution in [0, 0.1) is 0 Å². The molecule has 0 saturated carbocycles. The molecule has 28 heavy (non-hydrogen) atoms. The van der Waals surface area contributed by atoms with Crippen LogP contribution < -0.4 is 0 Å². The first-order chi connectivity index (χ1) is 13.5. The Hall–Kier alpha value is -2.58. The molecule has 0 spiro atoms. The Morgan fingerprint density at radius 1 is 1.39 bits per heavy atom. The fraction of sp³-hybridized carbons (Fsp3) is 0.458. The molecule has 0 unspecified atom stereocenters. The summed E-state index contributed by atoms with van der Waals surface area (Å²) < 4.78 is 6.01. The summed E-state index contributed by atoms with van der Waals surface area (Å²) in [6, 6.07) is 0. The average molecular weight is 379 g/mol. The lowest BCUT2D eigenvalue weighted by molar-refractivity contribution is -0.111. The average Bonchev–Trinajstić information content (AvgIpc) is 3.04. The van der Waals surface area contributed by atoms with Crippen molar-refractivity contribution in [2.75, 3.05) is 13.1 Å². The van der Waals surface area contributed by atoms with Crippen molar-refractivity contribution in [3.63, 3.8) is 0 Å². The van der Waals surface area contributed by atoms with Gasteiger partial charge in [-0.25, -0.2) is 0 Å². The third kappa shape index (κ3) is 4.63. The Labute approximate surface area is 168 Å². The van der Waals surface area contributed by atoms with Crippen LogP contribution in [0.1, 0.15) is 52.4 Å². The smallest absolute Gasteiger partial charge is 0.262 e. The van der Waals surface area contributed by atoms with Gasteiger partial charge in [-0.05, 0) is 74.3 Å². The van der Waals surface area contributed by atoms with Crippen LogP contribution in [-0.4, -0.2) is 35.7 Å². The van der Waals surface area contributed by atoms with Gasteiger partial charge in [-0.2, -0.15) is 4.99 Å². The van der Waals surface area contributed by atoms with Gasteiger partial charge in [-0.3, -0.25) is 4.79 Å². The van der Waals surface area contributed by atoms with Gasteiger partial charge in [-0.1, -0.05) is 37.5 Å². The van der Waals surface area contributed by atoms with Gasteiger partial charge < -0.3 is 9.64 Å². The maximum atomic E-state index is 12.0. The van der Waals surface area contributed by atoms with Crippen molar-refractivity contribution in [3.05, 3.63) is 65.3 Å². The van der Waals surface area contributed by atoms with Crippen molar-refractivity contribution in [1.82, 2.24) is 4.90 Å². The van der Waals surface area contributed by atoms with E-state index in [2.05, 4.69) is 30.7 Å². The lowest BCUT2D eigenvalue weighted by atomic mass is 9.87. The highest BCUT2D eigenvalue weighted by Crippen LogP contribution is 2.33. The number of ketones is 1. The van der Waals surface area contributed by atoms with E-state index in [0.717, 1.165) is 56.6 Å². The van der Waals surface area contributed by atoms with E-state index in [1.165, 1.54) is 22.8 Å². The monoisotopic (exact) mass is 378 g/mol. The van der Waals surface area contributed by atoms with Crippen molar-refractivity contribution in [1.29, 1.82) is 0 Å². The molecule has 148 valence electrons. The summed E-state index contributed by atoms with van der Waals surface area (Å²) in [5, 5.41) is 0. The Morgan fingerprint density at radius 2 is 2.21 bits per heavy atom. The quantitative estimate of drug-likeness (QED) is 0.383. The van der Waals surface area contributed by atoms with E-state index in [9.17, 15) is 4.79 Å². The third-order valence-corrected chi connectivity index (χ3v) is 5.53. The second-order valence-electron chi connectivity index (χ2n) is 7.62. The molecule has 0 N–H and O–H groups in total. The van der Waals surface area contributed by atoms with Crippen LogP contribution in [0.5, 0.6) is 0 Å². The molecular weight excluding hydrogens is 348 g/mol. The van der Waals surface area contributed by atoms with Crippen LogP contribution in [-0.2, 0) is 9.53 Å². The molecule has 3 rings (SSSR count). The predicted octanol–water partition coefficient (Wildman–Crippen LogP) is 5.02. The third-order valence-electron chi connectivity index (χ3n) is 5.53. The number of ether oxygens (including phenoxy) is 1. The van der Waals surface area contributed by atoms with Crippen molar-refractivity contribution < 1.29 is 9.53 Å². The second kappa shape index (κ2) is 9.07. The molecule has 0 radical (unpaired) electrons. The Bertz CT molecular complexity index is 835. The summed E-state index contributed by atoms with van der Waals surface area (Å²) in [4.78, 5) is 19.2. The zero-order valence-electron chi connectivity index (χ0n) is 17.1. The molecule has 3 aliphatic rings. The lowest BCUT2D eigenvalue weighted by Gasteiger charge is -2.29. The van der Waals surface area contributed by atoms with Gasteiger partial charge in [0.1, 0.15) is 5.84 Å². The molecule has 0 aromatic carbocycles. The number of rotatable bonds is 5. The number of amidine groups is 1. The van der Waals surface area contributed by atoms with E-state index < -0.39 is 0 Å². The number of carbonyl (C=O) groups is 1. The van der Waals surface area contributed by atoms with Crippen LogP contribution >= 0.6 is 0 Å². The molecule has 4 nitrogen and oxygen atoms in total. The van der Waals surface area contributed by atoms with Gasteiger partial charge in [-0.15, -0.1) is 0 Å². The SMILES string of the molecule is C=CC(=O)C1=CCCN(C2=NC(O[C@H](C)CC)=C=CC3=C2CCC(=C)C3)CC1. The maximum Gasteiger partial charge on any atom is 0.262 e. The molecule has 0 fully saturated rings. The van der Waals surface area contributed by atoms with Gasteiger partial charge >= 0.3 is 0 Å². The summed E-state index contributed by atoms with van der Waals surface area (Å²) in [6.07, 6.45) is 10.8. The zero-order chi connectivity index (χ0) is 20.1. The summed E-state index contributed by atoms with van der Waals surface area (Å²) >= 11 is 0. The van der Waals surface area contributed by atoms with Crippen LogP contribution in [0.2, 0.25) is 0 Å². The second-order valence-corrected chi connectivity index (χ2v) is 7.62. The van der Waals surface area contributed by atoms with E-state index in [0.29, 0.717) is 12.3 Å². The van der Waals surface area contributed by atoms with Crippen molar-refractivity contribution in [2.45, 2.75) is 58.5 Å². The van der Waals surface area contributed by atoms with Crippen LogP contribution in [0.25, 0.3) is 0 Å². The molecule has 1 atom stereocenters. The first-order valence-electron chi connectivity index (χ1n) is 10.2. The molecule has 4 heteroatoms. The van der Waals surface area contributed by atoms with Gasteiger partial charge in [0, 0.05) is 13.1 Å². The molecule has 2 heterocycles. The largest absolute Gasteiger partial charge is 0.469 e. The fourth-order valence-corrected chi connectivity index (χ4v) is 3.69. The molecule has 0 aromatic rings. The fourth-order valence-electron chi connectivity index (χ4n) is 3.69. The lowest BCUT2D eigenvalue weighted by Crippen LogP contribution is -2.35. The number of allylic oxidation sites excluding steroid dienone is 4. The molecule has 0 amide bonds. The van der Waals surface area contributed by atoms with Crippen LogP contribution in [0.3, 0.4) is 0 Å². The topological polar surface area (TPSA) is 41.9 Å². The predicted molar refractivity (Wildman–Crippen MR) is 114 cm³/mol. The summed E-state index contributed by atoms with van der Waals surface area (Å²) in [6.45, 7) is 13.5. The van der Waals surface area contributed by atoms with Crippen molar-refractivity contribution in [2.24, 2.45) is 4.99 Å². The maximum absolute atomic E-state index is 12.0. The minimum atomic E-state index is 0.0286. The highest BCUT2D eigenvalue weighted by atomic mass is 16.5. The summed E-state index contributed by atoms with van der Waals surface area (Å²) in [5.41, 5.74) is 7.86. The van der Waals surface area contributed by atoms with Gasteiger partial charge in [0.25, 0.3) is 5.88 Å². The van der Waals surface area contributed by atoms with Crippen molar-refractivity contribution in [3.8, 4) is 0 Å². The highest BCUT2D eigenvalue weighted by molar-refractivity contribution is 6.04. The van der Waals surface area contributed by atoms with E-state index in [4.69, 9.17) is 9.73 Å². The Morgan fingerprint density at radius 3 is 2.96 bits per heavy atom. The standard InChI is InChI=1S/C24H30N2O2/c1-5-18(4)28-23-12-10-20-16-17(3)9-11-21(20)24(25-23)26-14-7-8-19(13-15-26)22(27)6-2/h6,8,10,18H,2-3,5,7,9,11,13-16H2,1,4H3/t18-/m1/s1. The zero-order valence-corrected chi connectivity index (χ0v) is 17.1. The number of hydrogen-bond acceptors (Lipinski definition) is 4. The first-order valence-corrected chi connectivity index (χ1v) is 10.2. The number of nitrogens with zero attached hydrogens (tertiary/aromatic N) is 2.